The largest absolute Gasteiger partial charge is 0.457 e. The van der Waals surface area contributed by atoms with Crippen LogP contribution in [0.15, 0.2) is 238 Å². The Labute approximate surface area is 420 Å². The first-order valence-electron chi connectivity index (χ1n) is 23.9. The number of hydrogen-bond donors (Lipinski definition) is 0. The number of anilines is 9. The topological polar surface area (TPSA) is 40.0 Å². The highest BCUT2D eigenvalue weighted by Crippen LogP contribution is 2.58. The Morgan fingerprint density at radius 2 is 0.958 bits per heavy atom. The molecular formula is C62H44N6OS2. The van der Waals surface area contributed by atoms with Gasteiger partial charge in [-0.25, -0.2) is 4.98 Å². The van der Waals surface area contributed by atoms with Crippen LogP contribution < -0.4 is 24.3 Å². The maximum atomic E-state index is 6.74. The molecule has 340 valence electrons. The molecule has 9 heteroatoms. The van der Waals surface area contributed by atoms with Gasteiger partial charge in [-0.3, -0.25) is 4.57 Å². The number of para-hydroxylation sites is 7. The molecule has 0 unspecified atom stereocenters. The zero-order chi connectivity index (χ0) is 47.2. The van der Waals surface area contributed by atoms with Crippen LogP contribution in [0.5, 0.6) is 11.5 Å². The summed E-state index contributed by atoms with van der Waals surface area (Å²) >= 11 is 3.65. The van der Waals surface area contributed by atoms with E-state index in [0.717, 1.165) is 102 Å². The third-order valence-electron chi connectivity index (χ3n) is 13.9. The van der Waals surface area contributed by atoms with Crippen molar-refractivity contribution in [1.82, 2.24) is 9.55 Å². The van der Waals surface area contributed by atoms with Crippen molar-refractivity contribution in [3.05, 3.63) is 224 Å². The van der Waals surface area contributed by atoms with E-state index in [9.17, 15) is 0 Å². The van der Waals surface area contributed by atoms with Gasteiger partial charge < -0.3 is 24.3 Å². The van der Waals surface area contributed by atoms with Crippen LogP contribution in [-0.2, 0) is 0 Å². The van der Waals surface area contributed by atoms with Gasteiger partial charge in [0.15, 0.2) is 0 Å². The molecule has 7 nitrogen and oxygen atoms in total. The highest BCUT2D eigenvalue weighted by molar-refractivity contribution is 8.00. The SMILES string of the molecule is Cc1cc(-n2c3ccccc3c3ccc(Oc4cccc(N5CN(C)c6ccccc65)c4)cc32)ncc1-c1c(N2c3ccccc3Sc3ccccc32)cccc1N1c2ccccc2Sc2ccccc21. The second kappa shape index (κ2) is 16.7. The van der Waals surface area contributed by atoms with Crippen molar-refractivity contribution in [2.75, 3.05) is 33.3 Å². The van der Waals surface area contributed by atoms with Gasteiger partial charge in [-0.15, -0.1) is 0 Å². The van der Waals surface area contributed by atoms with Crippen LogP contribution in [0, 0.1) is 6.92 Å². The molecule has 0 saturated heterocycles. The summed E-state index contributed by atoms with van der Waals surface area (Å²) in [4.78, 5) is 19.8. The minimum Gasteiger partial charge on any atom is -0.457 e. The number of ether oxygens (including phenoxy) is 1. The number of benzene rings is 9. The first kappa shape index (κ1) is 41.6. The van der Waals surface area contributed by atoms with Gasteiger partial charge in [-0.2, -0.15) is 0 Å². The molecule has 2 aromatic heterocycles. The number of pyridine rings is 1. The smallest absolute Gasteiger partial charge is 0.137 e. The quantitative estimate of drug-likeness (QED) is 0.156. The molecule has 0 radical (unpaired) electrons. The molecule has 0 saturated carbocycles. The number of aryl methyl sites for hydroxylation is 1. The molecule has 0 spiro atoms. The summed E-state index contributed by atoms with van der Waals surface area (Å²) in [6.07, 6.45) is 2.10. The maximum Gasteiger partial charge on any atom is 0.137 e. The van der Waals surface area contributed by atoms with Crippen LogP contribution in [-0.4, -0.2) is 23.3 Å². The van der Waals surface area contributed by atoms with Crippen molar-refractivity contribution in [3.63, 3.8) is 0 Å². The van der Waals surface area contributed by atoms with Crippen LogP contribution in [0.1, 0.15) is 5.56 Å². The van der Waals surface area contributed by atoms with Crippen LogP contribution >= 0.6 is 23.5 Å². The lowest BCUT2D eigenvalue weighted by Gasteiger charge is -2.38. The lowest BCUT2D eigenvalue weighted by Crippen LogP contribution is -2.23. The second-order valence-electron chi connectivity index (χ2n) is 18.2. The van der Waals surface area contributed by atoms with E-state index in [1.807, 2.05) is 29.6 Å². The van der Waals surface area contributed by atoms with Crippen LogP contribution in [0.4, 0.5) is 51.2 Å². The Morgan fingerprint density at radius 3 is 1.58 bits per heavy atom. The summed E-state index contributed by atoms with van der Waals surface area (Å²) in [6, 6.07) is 76.0. The van der Waals surface area contributed by atoms with Crippen LogP contribution in [0.2, 0.25) is 0 Å². The molecule has 0 bridgehead atoms. The van der Waals surface area contributed by atoms with E-state index in [1.165, 1.54) is 31.0 Å². The van der Waals surface area contributed by atoms with E-state index in [-0.39, 0.29) is 0 Å². The lowest BCUT2D eigenvalue weighted by molar-refractivity contribution is 0.483. The van der Waals surface area contributed by atoms with Crippen molar-refractivity contribution >= 4 is 96.5 Å². The van der Waals surface area contributed by atoms with Crippen molar-refractivity contribution < 1.29 is 4.74 Å². The zero-order valence-electron chi connectivity index (χ0n) is 38.9. The van der Waals surface area contributed by atoms with Crippen molar-refractivity contribution in [2.45, 2.75) is 26.5 Å². The molecular weight excluding hydrogens is 909 g/mol. The zero-order valence-corrected chi connectivity index (χ0v) is 40.5. The number of aromatic nitrogens is 2. The fourth-order valence-electron chi connectivity index (χ4n) is 10.7. The van der Waals surface area contributed by atoms with Gasteiger partial charge in [0, 0.05) is 72.5 Å². The number of rotatable bonds is 7. The Hall–Kier alpha value is -8.37. The fourth-order valence-corrected chi connectivity index (χ4v) is 12.9. The number of fused-ring (bicyclic) bond motifs is 8. The third-order valence-corrected chi connectivity index (χ3v) is 16.2. The average Bonchev–Trinajstić information content (AvgIpc) is 3.93. The molecule has 14 rings (SSSR count). The third kappa shape index (κ3) is 6.79. The molecule has 0 amide bonds. The minimum absolute atomic E-state index is 0.755. The van der Waals surface area contributed by atoms with Gasteiger partial charge in [0.05, 0.1) is 63.2 Å². The van der Waals surface area contributed by atoms with E-state index in [4.69, 9.17) is 9.72 Å². The van der Waals surface area contributed by atoms with Crippen molar-refractivity contribution in [2.24, 2.45) is 0 Å². The molecule has 0 aliphatic carbocycles. The Kier molecular flexibility index (Phi) is 9.76. The average molecular weight is 953 g/mol. The fraction of sp³-hybridized carbons (Fsp3) is 0.0484. The first-order chi connectivity index (χ1) is 35.0. The summed E-state index contributed by atoms with van der Waals surface area (Å²) in [5.41, 5.74) is 15.6. The van der Waals surface area contributed by atoms with Gasteiger partial charge in [0.2, 0.25) is 0 Å². The Bertz CT molecular complexity index is 3740. The summed E-state index contributed by atoms with van der Waals surface area (Å²) in [5.74, 6) is 2.37. The minimum atomic E-state index is 0.755. The van der Waals surface area contributed by atoms with Gasteiger partial charge >= 0.3 is 0 Å². The Morgan fingerprint density at radius 1 is 0.451 bits per heavy atom. The molecule has 9 aromatic carbocycles. The lowest BCUT2D eigenvalue weighted by atomic mass is 9.96. The van der Waals surface area contributed by atoms with E-state index in [0.29, 0.717) is 0 Å². The van der Waals surface area contributed by atoms with Crippen LogP contribution in [0.3, 0.4) is 0 Å². The molecule has 0 fully saturated rings. The molecule has 3 aliphatic heterocycles. The maximum absolute atomic E-state index is 6.74. The summed E-state index contributed by atoms with van der Waals surface area (Å²) < 4.78 is 9.03. The number of nitrogens with zero attached hydrogens (tertiary/aromatic N) is 6. The molecule has 5 heterocycles. The summed E-state index contributed by atoms with van der Waals surface area (Å²) in [6.45, 7) is 3.00. The summed E-state index contributed by atoms with van der Waals surface area (Å²) in [5, 5.41) is 2.29. The van der Waals surface area contributed by atoms with Gasteiger partial charge in [-0.05, 0) is 122 Å². The van der Waals surface area contributed by atoms with Gasteiger partial charge in [0.1, 0.15) is 17.3 Å². The van der Waals surface area contributed by atoms with E-state index in [1.54, 1.807) is 0 Å². The highest BCUT2D eigenvalue weighted by atomic mass is 32.2. The van der Waals surface area contributed by atoms with Gasteiger partial charge in [0.25, 0.3) is 0 Å². The predicted molar refractivity (Wildman–Crippen MR) is 295 cm³/mol. The van der Waals surface area contributed by atoms with Crippen molar-refractivity contribution in [3.8, 4) is 28.4 Å². The van der Waals surface area contributed by atoms with E-state index in [2.05, 4.69) is 251 Å². The molecule has 11 aromatic rings. The first-order valence-corrected chi connectivity index (χ1v) is 25.5. The molecule has 3 aliphatic rings. The molecule has 0 N–H and O–H groups in total. The second-order valence-corrected chi connectivity index (χ2v) is 20.3. The van der Waals surface area contributed by atoms with E-state index < -0.39 is 0 Å². The standard InChI is InChI=1S/C62H44N6OS2/c1-40-35-61(68-47-20-4-3-19-44(47)45-34-33-43(37-56(45)68)69-42-18-15-17-41(36-42)65-39-64(2)48-21-5-6-22-49(48)65)63-38-46(40)62-54(66-50-23-7-11-29-57(50)70-58-30-12-8-24-51(58)66)27-16-28-55(62)67-52-25-9-13-31-59(52)71-60-32-14-10-26-53(60)67/h3-38H,39H2,1-2H3. The molecule has 0 atom stereocenters. The summed E-state index contributed by atoms with van der Waals surface area (Å²) in [7, 11) is 2.13. The monoisotopic (exact) mass is 952 g/mol. The normalized spacial score (nSPS) is 13.5. The highest BCUT2D eigenvalue weighted by Gasteiger charge is 2.33. The van der Waals surface area contributed by atoms with Gasteiger partial charge in [-0.1, -0.05) is 115 Å². The van der Waals surface area contributed by atoms with Crippen LogP contribution in [0.25, 0.3) is 38.8 Å². The predicted octanol–water partition coefficient (Wildman–Crippen LogP) is 17.4. The van der Waals surface area contributed by atoms with E-state index >= 15 is 0 Å². The van der Waals surface area contributed by atoms with Crippen molar-refractivity contribution in [1.29, 1.82) is 0 Å². The number of hydrogen-bond acceptors (Lipinski definition) is 8. The Balaban J connectivity index is 0.927. The molecule has 71 heavy (non-hydrogen) atoms.